The van der Waals surface area contributed by atoms with E-state index in [9.17, 15) is 4.79 Å². The summed E-state index contributed by atoms with van der Waals surface area (Å²) in [6.07, 6.45) is 6.62. The third-order valence-corrected chi connectivity index (χ3v) is 6.45. The lowest BCUT2D eigenvalue weighted by Gasteiger charge is -2.32. The van der Waals surface area contributed by atoms with Gasteiger partial charge in [0.1, 0.15) is 11.7 Å². The summed E-state index contributed by atoms with van der Waals surface area (Å²) in [6, 6.07) is 14.6. The Morgan fingerprint density at radius 3 is 2.71 bits per heavy atom. The molecule has 0 radical (unpaired) electrons. The minimum atomic E-state index is -0.00801. The minimum absolute atomic E-state index is 0.00801. The van der Waals surface area contributed by atoms with Crippen LogP contribution in [0.25, 0.3) is 16.7 Å². The van der Waals surface area contributed by atoms with Crippen LogP contribution < -0.4 is 14.7 Å². The van der Waals surface area contributed by atoms with Crippen LogP contribution in [0.3, 0.4) is 0 Å². The number of pyridine rings is 1. The van der Waals surface area contributed by atoms with Gasteiger partial charge in [-0.3, -0.25) is 9.36 Å². The van der Waals surface area contributed by atoms with E-state index in [0.717, 1.165) is 37.2 Å². The van der Waals surface area contributed by atoms with Crippen molar-refractivity contribution in [2.24, 2.45) is 0 Å². The van der Waals surface area contributed by atoms with Gasteiger partial charge in [-0.2, -0.15) is 4.40 Å². The summed E-state index contributed by atoms with van der Waals surface area (Å²) >= 11 is 0. The molecule has 3 aromatic heterocycles. The van der Waals surface area contributed by atoms with Crippen LogP contribution in [0, 0.1) is 0 Å². The van der Waals surface area contributed by atoms with Crippen LogP contribution in [0.15, 0.2) is 59.8 Å². The van der Waals surface area contributed by atoms with Crippen LogP contribution in [0.1, 0.15) is 30.7 Å². The van der Waals surface area contributed by atoms with Crippen molar-refractivity contribution >= 4 is 16.7 Å². The van der Waals surface area contributed by atoms with E-state index in [1.165, 1.54) is 18.4 Å². The normalized spacial score (nSPS) is 15.6. The maximum Gasteiger partial charge on any atom is 0.294 e. The number of nitrogens with one attached hydrogen (secondary N) is 1. The monoisotopic (exact) mass is 418 g/mol. The van der Waals surface area contributed by atoms with Crippen molar-refractivity contribution in [3.63, 3.8) is 0 Å². The Bertz CT molecular complexity index is 1240. The van der Waals surface area contributed by atoms with Crippen LogP contribution in [0.2, 0.25) is 0 Å². The van der Waals surface area contributed by atoms with E-state index in [0.29, 0.717) is 23.9 Å². The van der Waals surface area contributed by atoms with Gasteiger partial charge < -0.3 is 9.64 Å². The predicted molar refractivity (Wildman–Crippen MR) is 120 cm³/mol. The molecule has 0 amide bonds. The number of benzene rings is 1. The highest BCUT2D eigenvalue weighted by atomic mass is 16.5. The predicted octanol–water partition coefficient (Wildman–Crippen LogP) is 2.74. The lowest BCUT2D eigenvalue weighted by atomic mass is 9.89. The quantitative estimate of drug-likeness (QED) is 0.489. The number of H-pyrrole nitrogens is 1. The maximum absolute atomic E-state index is 13.1. The Morgan fingerprint density at radius 1 is 1.13 bits per heavy atom. The zero-order valence-corrected chi connectivity index (χ0v) is 17.8. The Kier molecular flexibility index (Phi) is 5.42. The molecule has 4 aromatic rings. The van der Waals surface area contributed by atoms with E-state index in [1.807, 2.05) is 16.7 Å². The average molecular weight is 419 g/mol. The van der Waals surface area contributed by atoms with Crippen LogP contribution in [0.4, 0.5) is 0 Å². The van der Waals surface area contributed by atoms with E-state index < -0.39 is 0 Å². The standard InChI is InChI=1S/C24H27N5O2/c1-31-22-9-8-20-23(26-22)29-17-25-16-21(29)24(30)28(20)13-5-12-27-14-10-19(11-15-27)18-6-3-2-4-7-18/h2-4,6-9,16-17,19H,5,10-15H2,1H3/p+1. The topological polar surface area (TPSA) is 67.2 Å². The van der Waals surface area contributed by atoms with Crippen molar-refractivity contribution < 1.29 is 9.14 Å². The molecule has 0 aliphatic carbocycles. The number of ether oxygens (including phenoxy) is 1. The van der Waals surface area contributed by atoms with Gasteiger partial charge >= 0.3 is 0 Å². The molecule has 1 N–H and O–H groups in total. The van der Waals surface area contributed by atoms with Crippen LogP contribution in [0.5, 0.6) is 5.88 Å². The van der Waals surface area contributed by atoms with Crippen molar-refractivity contribution in [1.29, 1.82) is 0 Å². The molecule has 160 valence electrons. The number of aromatic amines is 1. The molecule has 0 unspecified atom stereocenters. The molecule has 1 saturated heterocycles. The third-order valence-electron chi connectivity index (χ3n) is 6.45. The van der Waals surface area contributed by atoms with Crippen molar-refractivity contribution in [3.8, 4) is 5.88 Å². The molecule has 0 bridgehead atoms. The van der Waals surface area contributed by atoms with E-state index in [-0.39, 0.29) is 5.56 Å². The Hall–Kier alpha value is -3.19. The highest BCUT2D eigenvalue weighted by Crippen LogP contribution is 2.27. The molecule has 1 aliphatic heterocycles. The summed E-state index contributed by atoms with van der Waals surface area (Å²) in [7, 11) is 1.62. The minimum Gasteiger partial charge on any atom is -0.471 e. The van der Waals surface area contributed by atoms with Gasteiger partial charge in [-0.1, -0.05) is 30.3 Å². The largest absolute Gasteiger partial charge is 0.471 e. The maximum atomic E-state index is 13.1. The van der Waals surface area contributed by atoms with Crippen molar-refractivity contribution in [2.45, 2.75) is 31.7 Å². The molecule has 1 fully saturated rings. The summed E-state index contributed by atoms with van der Waals surface area (Å²) < 4.78 is 8.99. The van der Waals surface area contributed by atoms with Gasteiger partial charge in [-0.25, -0.2) is 4.98 Å². The molecule has 7 nitrogen and oxygen atoms in total. The van der Waals surface area contributed by atoms with Gasteiger partial charge in [0.25, 0.3) is 17.1 Å². The van der Waals surface area contributed by atoms with Crippen molar-refractivity contribution in [2.75, 3.05) is 26.7 Å². The first-order chi connectivity index (χ1) is 15.2. The zero-order chi connectivity index (χ0) is 21.2. The van der Waals surface area contributed by atoms with Gasteiger partial charge in [-0.05, 0) is 56.4 Å². The number of likely N-dealkylation sites (tertiary alicyclic amines) is 1. The van der Waals surface area contributed by atoms with Crippen molar-refractivity contribution in [3.05, 3.63) is 70.9 Å². The van der Waals surface area contributed by atoms with E-state index in [1.54, 1.807) is 24.0 Å². The summed E-state index contributed by atoms with van der Waals surface area (Å²) in [4.78, 5) is 23.0. The van der Waals surface area contributed by atoms with Crippen LogP contribution in [-0.2, 0) is 6.54 Å². The zero-order valence-electron chi connectivity index (χ0n) is 17.8. The second-order valence-corrected chi connectivity index (χ2v) is 8.25. The number of aromatic nitrogens is 4. The van der Waals surface area contributed by atoms with Gasteiger partial charge in [0.15, 0.2) is 0 Å². The fraction of sp³-hybridized carbons (Fsp3) is 0.375. The number of aryl methyl sites for hydroxylation is 1. The Morgan fingerprint density at radius 2 is 1.94 bits per heavy atom. The first kappa shape index (κ1) is 19.8. The number of fused-ring (bicyclic) bond motifs is 3. The molecule has 0 atom stereocenters. The van der Waals surface area contributed by atoms with Crippen molar-refractivity contribution in [1.82, 2.24) is 19.4 Å². The smallest absolute Gasteiger partial charge is 0.294 e. The third kappa shape index (κ3) is 3.81. The number of rotatable bonds is 6. The van der Waals surface area contributed by atoms with Gasteiger partial charge in [0, 0.05) is 12.6 Å². The van der Waals surface area contributed by atoms with Gasteiger partial charge in [-0.15, -0.1) is 4.98 Å². The molecule has 0 saturated carbocycles. The fourth-order valence-electron chi connectivity index (χ4n) is 4.75. The number of piperidine rings is 1. The SMILES string of the molecule is COc1ccc2c([nH]1)[n+]1cncc1c(=O)n2CCCN1CCC(c2ccccc2)CC1. The molecule has 7 heteroatoms. The second-order valence-electron chi connectivity index (χ2n) is 8.25. The highest BCUT2D eigenvalue weighted by Gasteiger charge is 2.21. The summed E-state index contributed by atoms with van der Waals surface area (Å²) in [5.41, 5.74) is 3.70. The van der Waals surface area contributed by atoms with Gasteiger partial charge in [0.2, 0.25) is 11.8 Å². The highest BCUT2D eigenvalue weighted by molar-refractivity contribution is 5.69. The van der Waals surface area contributed by atoms with Crippen LogP contribution >= 0.6 is 0 Å². The summed E-state index contributed by atoms with van der Waals surface area (Å²) in [5, 5.41) is 0. The number of hydrogen-bond donors (Lipinski definition) is 1. The lowest BCUT2D eigenvalue weighted by molar-refractivity contribution is -0.484. The molecule has 5 rings (SSSR count). The summed E-state index contributed by atoms with van der Waals surface area (Å²) in [5.74, 6) is 1.31. The number of methoxy groups -OCH3 is 1. The molecule has 4 heterocycles. The average Bonchev–Trinajstić information content (AvgIpc) is 3.32. The molecular formula is C24H28N5O2+. The molecular weight excluding hydrogens is 390 g/mol. The van der Waals surface area contributed by atoms with E-state index in [2.05, 4.69) is 45.2 Å². The first-order valence-electron chi connectivity index (χ1n) is 11.0. The summed E-state index contributed by atoms with van der Waals surface area (Å²) in [6.45, 7) is 3.90. The van der Waals surface area contributed by atoms with Crippen LogP contribution in [-0.4, -0.2) is 46.2 Å². The van der Waals surface area contributed by atoms with E-state index >= 15 is 0 Å². The number of hydrogen-bond acceptors (Lipinski definition) is 4. The molecule has 1 aromatic carbocycles. The van der Waals surface area contributed by atoms with Gasteiger partial charge in [0.05, 0.1) is 7.11 Å². The Balaban J connectivity index is 1.29. The lowest BCUT2D eigenvalue weighted by Crippen LogP contribution is -2.36. The Labute approximate surface area is 180 Å². The number of nitrogens with zero attached hydrogens (tertiary/aromatic N) is 4. The fourth-order valence-corrected chi connectivity index (χ4v) is 4.75. The molecule has 0 spiro atoms. The molecule has 1 aliphatic rings. The first-order valence-corrected chi connectivity index (χ1v) is 11.0. The van der Waals surface area contributed by atoms with E-state index in [4.69, 9.17) is 4.74 Å². The number of imidazole rings is 1. The molecule has 31 heavy (non-hydrogen) atoms. The second kappa shape index (κ2) is 8.51.